The highest BCUT2D eigenvalue weighted by atomic mass is 16.2. The molecule has 0 radical (unpaired) electrons. The number of para-hydroxylation sites is 3. The molecule has 1 aliphatic rings. The van der Waals surface area contributed by atoms with E-state index in [0.717, 1.165) is 22.2 Å². The molecule has 1 aromatic heterocycles. The number of carbonyl (C=O) groups excluding carboxylic acids is 2. The van der Waals surface area contributed by atoms with Crippen molar-refractivity contribution in [2.75, 3.05) is 10.2 Å². The largest absolute Gasteiger partial charge is 0.361 e. The van der Waals surface area contributed by atoms with Crippen molar-refractivity contribution in [1.82, 2.24) is 4.98 Å². The van der Waals surface area contributed by atoms with E-state index in [1.165, 1.54) is 0 Å². The third-order valence-electron chi connectivity index (χ3n) is 4.74. The number of nitrogens with zero attached hydrogens (tertiary/aromatic N) is 1. The van der Waals surface area contributed by atoms with Gasteiger partial charge in [0, 0.05) is 23.5 Å². The molecule has 4 rings (SSSR count). The number of fused-ring (bicyclic) bond motifs is 2. The van der Waals surface area contributed by atoms with Crippen LogP contribution in [0.4, 0.5) is 11.4 Å². The van der Waals surface area contributed by atoms with E-state index < -0.39 is 6.04 Å². The molecule has 1 aliphatic heterocycles. The maximum atomic E-state index is 12.9. The number of anilines is 2. The predicted molar refractivity (Wildman–Crippen MR) is 98.6 cm³/mol. The molecular weight excluding hydrogens is 314 g/mol. The van der Waals surface area contributed by atoms with Gasteiger partial charge in [0.2, 0.25) is 11.8 Å². The summed E-state index contributed by atoms with van der Waals surface area (Å²) >= 11 is 0. The number of rotatable bonds is 3. The Morgan fingerprint density at radius 3 is 2.76 bits per heavy atom. The average molecular weight is 333 g/mol. The molecule has 2 N–H and O–H groups in total. The average Bonchev–Trinajstić information content (AvgIpc) is 3.04. The SMILES string of the molecule is CC1C(=O)Nc2ccccc2N1C(=O)CCc1c[nH]c2ccccc12. The van der Waals surface area contributed by atoms with Crippen molar-refractivity contribution < 1.29 is 9.59 Å². The van der Waals surface area contributed by atoms with Crippen molar-refractivity contribution in [2.24, 2.45) is 0 Å². The summed E-state index contributed by atoms with van der Waals surface area (Å²) in [5.41, 5.74) is 3.64. The van der Waals surface area contributed by atoms with E-state index in [-0.39, 0.29) is 11.8 Å². The molecule has 5 heteroatoms. The Labute approximate surface area is 145 Å². The first kappa shape index (κ1) is 15.4. The van der Waals surface area contributed by atoms with Gasteiger partial charge in [-0.05, 0) is 37.1 Å². The fourth-order valence-electron chi connectivity index (χ4n) is 3.40. The lowest BCUT2D eigenvalue weighted by molar-refractivity contribution is -0.123. The number of amides is 2. The van der Waals surface area contributed by atoms with Gasteiger partial charge in [-0.3, -0.25) is 14.5 Å². The molecule has 126 valence electrons. The third-order valence-corrected chi connectivity index (χ3v) is 4.74. The standard InChI is InChI=1S/C20H19N3O2/c1-13-20(25)22-17-8-4-5-9-18(17)23(13)19(24)11-10-14-12-21-16-7-3-2-6-15(14)16/h2-9,12-13,21H,10-11H2,1H3,(H,22,25). The minimum Gasteiger partial charge on any atom is -0.361 e. The first-order chi connectivity index (χ1) is 12.1. The second-order valence-electron chi connectivity index (χ2n) is 6.31. The topological polar surface area (TPSA) is 65.2 Å². The van der Waals surface area contributed by atoms with Gasteiger partial charge in [0.05, 0.1) is 11.4 Å². The van der Waals surface area contributed by atoms with Gasteiger partial charge in [-0.2, -0.15) is 0 Å². The van der Waals surface area contributed by atoms with E-state index in [4.69, 9.17) is 0 Å². The van der Waals surface area contributed by atoms with Crippen LogP contribution < -0.4 is 10.2 Å². The van der Waals surface area contributed by atoms with Crippen molar-refractivity contribution in [2.45, 2.75) is 25.8 Å². The monoisotopic (exact) mass is 333 g/mol. The van der Waals surface area contributed by atoms with Crippen molar-refractivity contribution in [1.29, 1.82) is 0 Å². The van der Waals surface area contributed by atoms with Crippen molar-refractivity contribution >= 4 is 34.1 Å². The number of aromatic nitrogens is 1. The fourth-order valence-corrected chi connectivity index (χ4v) is 3.40. The first-order valence-corrected chi connectivity index (χ1v) is 8.42. The van der Waals surface area contributed by atoms with Crippen molar-refractivity contribution in [3.05, 3.63) is 60.3 Å². The van der Waals surface area contributed by atoms with Gasteiger partial charge in [-0.25, -0.2) is 0 Å². The minimum atomic E-state index is -0.509. The van der Waals surface area contributed by atoms with Crippen molar-refractivity contribution in [3.8, 4) is 0 Å². The Morgan fingerprint density at radius 2 is 1.88 bits per heavy atom. The van der Waals surface area contributed by atoms with E-state index in [0.29, 0.717) is 18.5 Å². The second kappa shape index (κ2) is 6.09. The number of aryl methyl sites for hydroxylation is 1. The van der Waals surface area contributed by atoms with Gasteiger partial charge < -0.3 is 10.3 Å². The quantitative estimate of drug-likeness (QED) is 0.771. The highest BCUT2D eigenvalue weighted by Gasteiger charge is 2.33. The Balaban J connectivity index is 1.57. The van der Waals surface area contributed by atoms with E-state index >= 15 is 0 Å². The summed E-state index contributed by atoms with van der Waals surface area (Å²) in [6.45, 7) is 1.76. The van der Waals surface area contributed by atoms with E-state index in [9.17, 15) is 9.59 Å². The fraction of sp³-hybridized carbons (Fsp3) is 0.200. The molecule has 2 aromatic carbocycles. The lowest BCUT2D eigenvalue weighted by atomic mass is 10.1. The lowest BCUT2D eigenvalue weighted by Crippen LogP contribution is -2.49. The van der Waals surface area contributed by atoms with E-state index in [1.54, 1.807) is 11.8 Å². The Morgan fingerprint density at radius 1 is 1.12 bits per heavy atom. The van der Waals surface area contributed by atoms with Crippen LogP contribution in [0.1, 0.15) is 18.9 Å². The highest BCUT2D eigenvalue weighted by molar-refractivity contribution is 6.11. The molecule has 0 aliphatic carbocycles. The first-order valence-electron chi connectivity index (χ1n) is 8.42. The van der Waals surface area contributed by atoms with Crippen molar-refractivity contribution in [3.63, 3.8) is 0 Å². The lowest BCUT2D eigenvalue weighted by Gasteiger charge is -2.34. The van der Waals surface area contributed by atoms with Crippen LogP contribution in [0.3, 0.4) is 0 Å². The highest BCUT2D eigenvalue weighted by Crippen LogP contribution is 2.32. The zero-order valence-corrected chi connectivity index (χ0v) is 14.0. The van der Waals surface area contributed by atoms with Gasteiger partial charge in [-0.1, -0.05) is 30.3 Å². The van der Waals surface area contributed by atoms with E-state index in [1.807, 2.05) is 48.7 Å². The second-order valence-corrected chi connectivity index (χ2v) is 6.31. The van der Waals surface area contributed by atoms with Gasteiger partial charge in [0.15, 0.2) is 0 Å². The Hall–Kier alpha value is -3.08. The molecule has 1 atom stereocenters. The normalized spacial score (nSPS) is 16.6. The molecule has 0 fully saturated rings. The third kappa shape index (κ3) is 2.67. The molecule has 1 unspecified atom stereocenters. The van der Waals surface area contributed by atoms with Crippen LogP contribution in [-0.4, -0.2) is 22.8 Å². The zero-order chi connectivity index (χ0) is 17.4. The number of hydrogen-bond acceptors (Lipinski definition) is 2. The number of carbonyl (C=O) groups is 2. The van der Waals surface area contributed by atoms with E-state index in [2.05, 4.69) is 16.4 Å². The van der Waals surface area contributed by atoms with Gasteiger partial charge >= 0.3 is 0 Å². The summed E-state index contributed by atoms with van der Waals surface area (Å²) in [5, 5.41) is 3.99. The van der Waals surface area contributed by atoms with Crippen LogP contribution in [0.15, 0.2) is 54.7 Å². The predicted octanol–water partition coefficient (Wildman–Crippen LogP) is 3.47. The molecule has 0 spiro atoms. The summed E-state index contributed by atoms with van der Waals surface area (Å²) in [7, 11) is 0. The van der Waals surface area contributed by atoms with Crippen LogP contribution in [-0.2, 0) is 16.0 Å². The summed E-state index contributed by atoms with van der Waals surface area (Å²) in [6.07, 6.45) is 2.95. The Bertz CT molecular complexity index is 960. The van der Waals surface area contributed by atoms with Crippen LogP contribution in [0.2, 0.25) is 0 Å². The summed E-state index contributed by atoms with van der Waals surface area (Å²) in [6, 6.07) is 15.0. The van der Waals surface area contributed by atoms with Crippen LogP contribution in [0.5, 0.6) is 0 Å². The van der Waals surface area contributed by atoms with Crippen LogP contribution in [0, 0.1) is 0 Å². The number of aromatic amines is 1. The molecule has 0 saturated carbocycles. The molecule has 3 aromatic rings. The summed E-state index contributed by atoms with van der Waals surface area (Å²) in [4.78, 5) is 29.9. The summed E-state index contributed by atoms with van der Waals surface area (Å²) in [5.74, 6) is -0.195. The van der Waals surface area contributed by atoms with Crippen LogP contribution in [0.25, 0.3) is 10.9 Å². The molecule has 25 heavy (non-hydrogen) atoms. The summed E-state index contributed by atoms with van der Waals surface area (Å²) < 4.78 is 0. The maximum absolute atomic E-state index is 12.9. The Kier molecular flexibility index (Phi) is 3.76. The molecule has 2 heterocycles. The molecule has 0 saturated heterocycles. The number of hydrogen-bond donors (Lipinski definition) is 2. The molecule has 5 nitrogen and oxygen atoms in total. The zero-order valence-electron chi connectivity index (χ0n) is 14.0. The number of benzene rings is 2. The number of H-pyrrole nitrogens is 1. The van der Waals surface area contributed by atoms with Gasteiger partial charge in [0.1, 0.15) is 6.04 Å². The maximum Gasteiger partial charge on any atom is 0.247 e. The number of nitrogens with one attached hydrogen (secondary N) is 2. The van der Waals surface area contributed by atoms with Crippen LogP contribution >= 0.6 is 0 Å². The smallest absolute Gasteiger partial charge is 0.247 e. The molecular formula is C20H19N3O2. The van der Waals surface area contributed by atoms with Gasteiger partial charge in [0.25, 0.3) is 0 Å². The van der Waals surface area contributed by atoms with Gasteiger partial charge in [-0.15, -0.1) is 0 Å². The molecule has 2 amide bonds. The molecule has 0 bridgehead atoms. The minimum absolute atomic E-state index is 0.0416.